The summed E-state index contributed by atoms with van der Waals surface area (Å²) >= 11 is 8.21. The van der Waals surface area contributed by atoms with Crippen molar-refractivity contribution in [1.29, 1.82) is 0 Å². The van der Waals surface area contributed by atoms with Gasteiger partial charge < -0.3 is 15.2 Å². The van der Waals surface area contributed by atoms with E-state index < -0.39 is 0 Å². The van der Waals surface area contributed by atoms with Gasteiger partial charge in [-0.1, -0.05) is 36.4 Å². The number of hydrogen-bond donors (Lipinski definition) is 2. The van der Waals surface area contributed by atoms with Crippen LogP contribution < -0.4 is 5.32 Å². The SMILES string of the molecule is Cc1[nH]c(C)c([C@H]2[C@H](c3ccccn3)NC(=S)N2Cc2ccccc2)c1I. The van der Waals surface area contributed by atoms with Crippen molar-refractivity contribution < 1.29 is 0 Å². The van der Waals surface area contributed by atoms with Crippen molar-refractivity contribution >= 4 is 39.9 Å². The van der Waals surface area contributed by atoms with Gasteiger partial charge in [-0.25, -0.2) is 0 Å². The molecule has 138 valence electrons. The zero-order valence-corrected chi connectivity index (χ0v) is 18.2. The van der Waals surface area contributed by atoms with Gasteiger partial charge in [-0.15, -0.1) is 0 Å². The summed E-state index contributed by atoms with van der Waals surface area (Å²) in [6.45, 7) is 5.03. The molecule has 4 nitrogen and oxygen atoms in total. The number of thiocarbonyl (C=S) groups is 1. The van der Waals surface area contributed by atoms with Gasteiger partial charge in [-0.3, -0.25) is 4.98 Å². The summed E-state index contributed by atoms with van der Waals surface area (Å²) in [6, 6.07) is 16.6. The lowest BCUT2D eigenvalue weighted by Crippen LogP contribution is -2.29. The Morgan fingerprint density at radius 3 is 2.44 bits per heavy atom. The number of halogens is 1. The third-order valence-corrected chi connectivity index (χ3v) is 6.78. The average molecular weight is 488 g/mol. The van der Waals surface area contributed by atoms with Crippen LogP contribution in [-0.2, 0) is 6.54 Å². The van der Waals surface area contributed by atoms with Crippen LogP contribution in [0.1, 0.15) is 40.3 Å². The molecule has 1 aliphatic rings. The predicted octanol–water partition coefficient (Wildman–Crippen LogP) is 4.80. The maximum absolute atomic E-state index is 5.76. The van der Waals surface area contributed by atoms with E-state index in [2.05, 4.69) is 87.0 Å². The Morgan fingerprint density at radius 1 is 1.07 bits per heavy atom. The first kappa shape index (κ1) is 18.4. The van der Waals surface area contributed by atoms with Crippen LogP contribution in [0.3, 0.4) is 0 Å². The maximum Gasteiger partial charge on any atom is 0.170 e. The number of hydrogen-bond acceptors (Lipinski definition) is 2. The van der Waals surface area contributed by atoms with Crippen LogP contribution in [-0.4, -0.2) is 20.0 Å². The molecule has 3 heterocycles. The fourth-order valence-corrected chi connectivity index (χ4v) is 4.95. The second-order valence-corrected chi connectivity index (χ2v) is 8.31. The molecule has 2 N–H and O–H groups in total. The second-order valence-electron chi connectivity index (χ2n) is 6.84. The number of pyridine rings is 1. The number of benzene rings is 1. The van der Waals surface area contributed by atoms with E-state index in [-0.39, 0.29) is 12.1 Å². The van der Waals surface area contributed by atoms with E-state index in [9.17, 15) is 0 Å². The highest BCUT2D eigenvalue weighted by Gasteiger charge is 2.42. The third kappa shape index (κ3) is 3.48. The van der Waals surface area contributed by atoms with E-state index in [1.165, 1.54) is 26.1 Å². The summed E-state index contributed by atoms with van der Waals surface area (Å²) in [4.78, 5) is 10.4. The van der Waals surface area contributed by atoms with Gasteiger partial charge in [-0.05, 0) is 66.4 Å². The number of aromatic amines is 1. The fourth-order valence-electron chi connectivity index (χ4n) is 3.79. The molecule has 3 aromatic rings. The molecule has 2 atom stereocenters. The number of aryl methyl sites for hydroxylation is 2. The van der Waals surface area contributed by atoms with Crippen molar-refractivity contribution in [2.24, 2.45) is 0 Å². The molecule has 6 heteroatoms. The Kier molecular flexibility index (Phi) is 5.19. The molecule has 1 aromatic carbocycles. The zero-order valence-electron chi connectivity index (χ0n) is 15.2. The number of H-pyrrole nitrogens is 1. The van der Waals surface area contributed by atoms with Crippen molar-refractivity contribution in [3.63, 3.8) is 0 Å². The molecule has 0 aliphatic carbocycles. The van der Waals surface area contributed by atoms with E-state index in [0.717, 1.165) is 17.4 Å². The van der Waals surface area contributed by atoms with E-state index in [1.807, 2.05) is 24.4 Å². The summed E-state index contributed by atoms with van der Waals surface area (Å²) in [7, 11) is 0. The van der Waals surface area contributed by atoms with Gasteiger partial charge in [0.2, 0.25) is 0 Å². The van der Waals surface area contributed by atoms with Crippen LogP contribution in [0.5, 0.6) is 0 Å². The van der Waals surface area contributed by atoms with Crippen LogP contribution in [0.25, 0.3) is 0 Å². The van der Waals surface area contributed by atoms with Gasteiger partial charge in [0.1, 0.15) is 0 Å². The Hall–Kier alpha value is -1.93. The minimum absolute atomic E-state index is 0.0184. The van der Waals surface area contributed by atoms with Crippen molar-refractivity contribution in [3.8, 4) is 0 Å². The lowest BCUT2D eigenvalue weighted by atomic mass is 9.96. The smallest absolute Gasteiger partial charge is 0.170 e. The van der Waals surface area contributed by atoms with E-state index in [4.69, 9.17) is 12.2 Å². The lowest BCUT2D eigenvalue weighted by Gasteiger charge is -2.28. The molecular weight excluding hydrogens is 467 g/mol. The molecular formula is C21H21IN4S. The van der Waals surface area contributed by atoms with Crippen molar-refractivity contribution in [2.45, 2.75) is 32.5 Å². The molecule has 0 saturated carbocycles. The molecule has 4 rings (SSSR count). The molecule has 0 unspecified atom stereocenters. The summed E-state index contributed by atoms with van der Waals surface area (Å²) < 4.78 is 1.26. The third-order valence-electron chi connectivity index (χ3n) is 5.03. The molecule has 0 bridgehead atoms. The largest absolute Gasteiger partial charge is 0.362 e. The van der Waals surface area contributed by atoms with Gasteiger partial charge in [0.25, 0.3) is 0 Å². The molecule has 1 saturated heterocycles. The van der Waals surface area contributed by atoms with Gasteiger partial charge in [0.05, 0.1) is 17.8 Å². The van der Waals surface area contributed by atoms with Crippen LogP contribution in [0.4, 0.5) is 0 Å². The topological polar surface area (TPSA) is 44.0 Å². The number of nitrogens with one attached hydrogen (secondary N) is 2. The monoisotopic (exact) mass is 488 g/mol. The molecule has 1 fully saturated rings. The standard InChI is InChI=1S/C21H21IN4S/c1-13-17(18(22)14(2)24-13)20-19(16-10-6-7-11-23-16)25-21(27)26(20)12-15-8-4-3-5-9-15/h3-11,19-20,24H,12H2,1-2H3,(H,25,27)/t19-,20-/m0/s1. The zero-order chi connectivity index (χ0) is 19.0. The van der Waals surface area contributed by atoms with E-state index in [1.54, 1.807) is 0 Å². The molecule has 1 aliphatic heterocycles. The fraction of sp³-hybridized carbons (Fsp3) is 0.238. The number of aromatic nitrogens is 2. The van der Waals surface area contributed by atoms with Crippen molar-refractivity contribution in [1.82, 2.24) is 20.2 Å². The molecule has 2 aromatic heterocycles. The van der Waals surface area contributed by atoms with Crippen LogP contribution >= 0.6 is 34.8 Å². The Balaban J connectivity index is 1.80. The Bertz CT molecular complexity index is 955. The summed E-state index contributed by atoms with van der Waals surface area (Å²) in [5, 5.41) is 4.30. The van der Waals surface area contributed by atoms with Crippen LogP contribution in [0.15, 0.2) is 54.7 Å². The van der Waals surface area contributed by atoms with E-state index >= 15 is 0 Å². The van der Waals surface area contributed by atoms with Crippen molar-refractivity contribution in [2.75, 3.05) is 0 Å². The van der Waals surface area contributed by atoms with Gasteiger partial charge in [0.15, 0.2) is 5.11 Å². The van der Waals surface area contributed by atoms with Gasteiger partial charge in [-0.2, -0.15) is 0 Å². The van der Waals surface area contributed by atoms with Crippen molar-refractivity contribution in [3.05, 3.63) is 86.5 Å². The summed E-state index contributed by atoms with van der Waals surface area (Å²) in [6.07, 6.45) is 1.84. The minimum atomic E-state index is 0.0184. The Morgan fingerprint density at radius 2 is 1.81 bits per heavy atom. The molecule has 0 radical (unpaired) electrons. The lowest BCUT2D eigenvalue weighted by molar-refractivity contribution is 0.309. The highest BCUT2D eigenvalue weighted by molar-refractivity contribution is 14.1. The van der Waals surface area contributed by atoms with Crippen LogP contribution in [0.2, 0.25) is 0 Å². The van der Waals surface area contributed by atoms with Gasteiger partial charge in [0, 0.05) is 33.3 Å². The first-order valence-electron chi connectivity index (χ1n) is 8.93. The number of rotatable bonds is 4. The first-order chi connectivity index (χ1) is 13.1. The quantitative estimate of drug-likeness (QED) is 0.409. The minimum Gasteiger partial charge on any atom is -0.362 e. The molecule has 0 spiro atoms. The first-order valence-corrected chi connectivity index (χ1v) is 10.4. The second kappa shape index (κ2) is 7.59. The summed E-state index contributed by atoms with van der Waals surface area (Å²) in [5.41, 5.74) is 5.93. The average Bonchev–Trinajstić information content (AvgIpc) is 3.12. The molecule has 27 heavy (non-hydrogen) atoms. The maximum atomic E-state index is 5.76. The van der Waals surface area contributed by atoms with E-state index in [0.29, 0.717) is 0 Å². The van der Waals surface area contributed by atoms with Gasteiger partial charge >= 0.3 is 0 Å². The number of nitrogens with zero attached hydrogens (tertiary/aromatic N) is 2. The van der Waals surface area contributed by atoms with Crippen LogP contribution in [0, 0.1) is 17.4 Å². The highest BCUT2D eigenvalue weighted by Crippen LogP contribution is 2.43. The molecule has 0 amide bonds. The highest BCUT2D eigenvalue weighted by atomic mass is 127. The predicted molar refractivity (Wildman–Crippen MR) is 120 cm³/mol. The summed E-state index contributed by atoms with van der Waals surface area (Å²) in [5.74, 6) is 0. The Labute approximate surface area is 178 Å². The normalized spacial score (nSPS) is 19.4.